The molecule has 1 N–H and O–H groups in total. The Balaban J connectivity index is 1.99. The second kappa shape index (κ2) is 7.04. The summed E-state index contributed by atoms with van der Waals surface area (Å²) in [7, 11) is 1.77. The van der Waals surface area contributed by atoms with Crippen molar-refractivity contribution >= 4 is 29.3 Å². The van der Waals surface area contributed by atoms with Crippen LogP contribution in [0.2, 0.25) is 5.02 Å². The monoisotopic (exact) mass is 327 g/mol. The predicted molar refractivity (Wildman–Crippen MR) is 79.0 cm³/mol. The molecule has 0 aliphatic rings. The lowest BCUT2D eigenvalue weighted by Crippen LogP contribution is -2.08. The van der Waals surface area contributed by atoms with Crippen LogP contribution in [0.15, 0.2) is 36.7 Å². The molecule has 1 aromatic heterocycles. The van der Waals surface area contributed by atoms with Gasteiger partial charge in [-0.25, -0.2) is 0 Å². The third kappa shape index (κ3) is 4.56. The van der Waals surface area contributed by atoms with Gasteiger partial charge >= 0.3 is 6.61 Å². The second-order valence-electron chi connectivity index (χ2n) is 4.29. The van der Waals surface area contributed by atoms with Gasteiger partial charge in [0, 0.05) is 30.6 Å². The van der Waals surface area contributed by atoms with E-state index in [0.29, 0.717) is 5.69 Å². The number of ether oxygens (including phenoxy) is 1. The molecular formula is C14H12ClF2N3O2. The van der Waals surface area contributed by atoms with E-state index in [0.717, 1.165) is 5.56 Å². The van der Waals surface area contributed by atoms with Crippen molar-refractivity contribution < 1.29 is 18.3 Å². The van der Waals surface area contributed by atoms with E-state index in [2.05, 4.69) is 15.2 Å². The molecule has 2 rings (SSSR count). The highest BCUT2D eigenvalue weighted by Gasteiger charge is 2.09. The molecule has 0 spiro atoms. The van der Waals surface area contributed by atoms with Gasteiger partial charge in [0.2, 0.25) is 5.91 Å². The molecule has 0 bridgehead atoms. The molecule has 1 heterocycles. The van der Waals surface area contributed by atoms with Crippen LogP contribution in [0.1, 0.15) is 5.56 Å². The lowest BCUT2D eigenvalue weighted by molar-refractivity contribution is -0.111. The van der Waals surface area contributed by atoms with Crippen LogP contribution in [0.25, 0.3) is 6.08 Å². The Morgan fingerprint density at radius 1 is 1.50 bits per heavy atom. The smallest absolute Gasteiger partial charge is 0.387 e. The quantitative estimate of drug-likeness (QED) is 0.857. The Morgan fingerprint density at radius 3 is 2.86 bits per heavy atom. The van der Waals surface area contributed by atoms with E-state index >= 15 is 0 Å². The number of anilines is 1. The topological polar surface area (TPSA) is 56.2 Å². The minimum absolute atomic E-state index is 0.0191. The second-order valence-corrected chi connectivity index (χ2v) is 4.70. The number of aryl methyl sites for hydroxylation is 1. The highest BCUT2D eigenvalue weighted by molar-refractivity contribution is 6.32. The van der Waals surface area contributed by atoms with E-state index in [9.17, 15) is 13.6 Å². The van der Waals surface area contributed by atoms with Gasteiger partial charge in [0.1, 0.15) is 5.75 Å². The maximum Gasteiger partial charge on any atom is 0.387 e. The van der Waals surface area contributed by atoms with Crippen molar-refractivity contribution in [3.05, 3.63) is 47.3 Å². The van der Waals surface area contributed by atoms with Crippen molar-refractivity contribution in [1.82, 2.24) is 9.78 Å². The molecule has 0 aliphatic carbocycles. The van der Waals surface area contributed by atoms with Gasteiger partial charge in [-0.3, -0.25) is 9.48 Å². The zero-order valence-electron chi connectivity index (χ0n) is 11.5. The molecule has 0 aliphatic heterocycles. The zero-order valence-corrected chi connectivity index (χ0v) is 12.2. The molecule has 0 atom stereocenters. The molecule has 2 aromatic rings. The summed E-state index contributed by atoms with van der Waals surface area (Å²) in [5.74, 6) is -0.539. The molecule has 0 radical (unpaired) electrons. The van der Waals surface area contributed by atoms with Gasteiger partial charge in [-0.05, 0) is 24.3 Å². The first kappa shape index (κ1) is 16.0. The van der Waals surface area contributed by atoms with Crippen molar-refractivity contribution in [3.63, 3.8) is 0 Å². The minimum Gasteiger partial charge on any atom is -0.433 e. The van der Waals surface area contributed by atoms with Crippen molar-refractivity contribution in [3.8, 4) is 5.75 Å². The maximum atomic E-state index is 12.1. The van der Waals surface area contributed by atoms with Crippen LogP contribution in [0.5, 0.6) is 5.75 Å². The van der Waals surface area contributed by atoms with E-state index < -0.39 is 6.61 Å². The third-order valence-electron chi connectivity index (χ3n) is 2.57. The maximum absolute atomic E-state index is 12.1. The number of hydrogen-bond acceptors (Lipinski definition) is 3. The summed E-state index contributed by atoms with van der Waals surface area (Å²) in [5, 5.41) is 6.51. The molecule has 0 unspecified atom stereocenters. The molecule has 8 heteroatoms. The summed E-state index contributed by atoms with van der Waals surface area (Å²) in [6.07, 6.45) is 6.28. The number of rotatable bonds is 5. The number of benzene rings is 1. The molecule has 1 aromatic carbocycles. The Bertz CT molecular complexity index is 701. The summed E-state index contributed by atoms with van der Waals surface area (Å²) in [5.41, 5.74) is 1.14. The van der Waals surface area contributed by atoms with Crippen molar-refractivity contribution in [2.45, 2.75) is 6.61 Å². The largest absolute Gasteiger partial charge is 0.433 e. The van der Waals surface area contributed by atoms with Crippen LogP contribution in [0, 0.1) is 0 Å². The number of carbonyl (C=O) groups excluding carboxylic acids is 1. The van der Waals surface area contributed by atoms with Crippen molar-refractivity contribution in [1.29, 1.82) is 0 Å². The number of hydrogen-bond donors (Lipinski definition) is 1. The molecule has 5 nitrogen and oxygen atoms in total. The molecule has 22 heavy (non-hydrogen) atoms. The Labute approximate surface area is 130 Å². The van der Waals surface area contributed by atoms with Crippen LogP contribution < -0.4 is 10.1 Å². The number of aromatic nitrogens is 2. The molecule has 116 valence electrons. The first-order valence-electron chi connectivity index (χ1n) is 6.16. The molecule has 0 saturated carbocycles. The normalized spacial score (nSPS) is 11.1. The van der Waals surface area contributed by atoms with Crippen LogP contribution in [-0.4, -0.2) is 22.3 Å². The van der Waals surface area contributed by atoms with Crippen LogP contribution >= 0.6 is 11.6 Å². The fraction of sp³-hybridized carbons (Fsp3) is 0.143. The van der Waals surface area contributed by atoms with Gasteiger partial charge < -0.3 is 10.1 Å². The fourth-order valence-corrected chi connectivity index (χ4v) is 1.88. The Morgan fingerprint density at radius 2 is 2.27 bits per heavy atom. The summed E-state index contributed by atoms with van der Waals surface area (Å²) < 4.78 is 30.0. The summed E-state index contributed by atoms with van der Waals surface area (Å²) >= 11 is 5.79. The first-order valence-corrected chi connectivity index (χ1v) is 6.54. The summed E-state index contributed by atoms with van der Waals surface area (Å²) in [6.45, 7) is -2.96. The third-order valence-corrected chi connectivity index (χ3v) is 2.86. The molecule has 1 amide bonds. The lowest BCUT2D eigenvalue weighted by atomic mass is 10.3. The zero-order chi connectivity index (χ0) is 16.1. The molecular weight excluding hydrogens is 316 g/mol. The molecule has 0 saturated heterocycles. The van der Waals surface area contributed by atoms with Crippen LogP contribution in [-0.2, 0) is 11.8 Å². The number of halogens is 3. The van der Waals surface area contributed by atoms with Crippen LogP contribution in [0.4, 0.5) is 14.5 Å². The van der Waals surface area contributed by atoms with E-state index in [1.54, 1.807) is 30.2 Å². The van der Waals surface area contributed by atoms with Crippen LogP contribution in [0.3, 0.4) is 0 Å². The average Bonchev–Trinajstić information content (AvgIpc) is 2.85. The number of nitrogens with zero attached hydrogens (tertiary/aromatic N) is 2. The summed E-state index contributed by atoms with van der Waals surface area (Å²) in [4.78, 5) is 11.7. The van der Waals surface area contributed by atoms with Gasteiger partial charge in [0.05, 0.1) is 11.2 Å². The van der Waals surface area contributed by atoms with Gasteiger partial charge in [0.15, 0.2) is 0 Å². The number of alkyl halides is 2. The fourth-order valence-electron chi connectivity index (χ4n) is 1.65. The van der Waals surface area contributed by atoms with E-state index in [4.69, 9.17) is 11.6 Å². The van der Waals surface area contributed by atoms with E-state index in [1.807, 2.05) is 0 Å². The average molecular weight is 328 g/mol. The number of nitrogens with one attached hydrogen (secondary N) is 1. The van der Waals surface area contributed by atoms with Crippen molar-refractivity contribution in [2.24, 2.45) is 7.05 Å². The Kier molecular flexibility index (Phi) is 5.11. The van der Waals surface area contributed by atoms with Gasteiger partial charge in [-0.15, -0.1) is 0 Å². The Hall–Kier alpha value is -2.41. The van der Waals surface area contributed by atoms with E-state index in [-0.39, 0.29) is 16.7 Å². The first-order chi connectivity index (χ1) is 10.4. The highest BCUT2D eigenvalue weighted by atomic mass is 35.5. The van der Waals surface area contributed by atoms with Crippen molar-refractivity contribution in [2.75, 3.05) is 5.32 Å². The minimum atomic E-state index is -2.96. The van der Waals surface area contributed by atoms with Gasteiger partial charge in [-0.2, -0.15) is 13.9 Å². The van der Waals surface area contributed by atoms with E-state index in [1.165, 1.54) is 24.3 Å². The van der Waals surface area contributed by atoms with Gasteiger partial charge in [-0.1, -0.05) is 11.6 Å². The SMILES string of the molecule is Cn1cc(C=CC(=O)Nc2ccc(OC(F)F)c(Cl)c2)cn1. The van der Waals surface area contributed by atoms with Gasteiger partial charge in [0.25, 0.3) is 0 Å². The number of amides is 1. The predicted octanol–water partition coefficient (Wildman–Crippen LogP) is 3.33. The lowest BCUT2D eigenvalue weighted by Gasteiger charge is -2.08. The number of carbonyl (C=O) groups is 1. The molecule has 0 fully saturated rings. The highest BCUT2D eigenvalue weighted by Crippen LogP contribution is 2.28. The summed E-state index contributed by atoms with van der Waals surface area (Å²) in [6, 6.07) is 4.00. The standard InChI is InChI=1S/C14H12ClF2N3O2/c1-20-8-9(7-18-20)2-5-13(21)19-10-3-4-12(11(15)6-10)22-14(16)17/h2-8,14H,1H3,(H,19,21).